The summed E-state index contributed by atoms with van der Waals surface area (Å²) in [5.41, 5.74) is 0. The van der Waals surface area contributed by atoms with Crippen LogP contribution in [0.15, 0.2) is 29.2 Å². The molecule has 0 aliphatic carbocycles. The fourth-order valence-corrected chi connectivity index (χ4v) is 2.49. The molecule has 1 amide bonds. The predicted molar refractivity (Wildman–Crippen MR) is 90.2 cm³/mol. The van der Waals surface area contributed by atoms with Gasteiger partial charge in [-0.15, -0.1) is 24.2 Å². The van der Waals surface area contributed by atoms with Gasteiger partial charge in [0.25, 0.3) is 0 Å². The molecule has 20 heavy (non-hydrogen) atoms. The van der Waals surface area contributed by atoms with Crippen LogP contribution in [-0.4, -0.2) is 31.3 Å². The molecule has 0 fully saturated rings. The topological polar surface area (TPSA) is 41.1 Å². The molecule has 1 aromatic carbocycles. The van der Waals surface area contributed by atoms with E-state index in [1.807, 2.05) is 24.3 Å². The summed E-state index contributed by atoms with van der Waals surface area (Å²) in [5, 5.41) is 6.82. The van der Waals surface area contributed by atoms with Crippen molar-refractivity contribution in [3.63, 3.8) is 0 Å². The third-order valence-electron chi connectivity index (χ3n) is 2.50. The molecule has 0 unspecified atom stereocenters. The Morgan fingerprint density at radius 3 is 2.60 bits per heavy atom. The first-order valence-electron chi connectivity index (χ1n) is 6.58. The number of rotatable bonds is 9. The van der Waals surface area contributed by atoms with Crippen LogP contribution in [0.3, 0.4) is 0 Å². The standard InChI is InChI=1S/C14H21ClN2OS.ClH/c1-2-16-9-10-17-14(18)4-3-11-19-13-7-5-12(15)6-8-13;/h5-8,16H,2-4,9-11H2,1H3,(H,17,18);1H. The van der Waals surface area contributed by atoms with Gasteiger partial charge in [-0.2, -0.15) is 0 Å². The van der Waals surface area contributed by atoms with E-state index in [0.717, 1.165) is 30.3 Å². The van der Waals surface area contributed by atoms with Gasteiger partial charge in [-0.1, -0.05) is 18.5 Å². The summed E-state index contributed by atoms with van der Waals surface area (Å²) in [6.07, 6.45) is 1.48. The molecule has 1 rings (SSSR count). The average molecular weight is 337 g/mol. The van der Waals surface area contributed by atoms with Crippen LogP contribution in [0.2, 0.25) is 5.02 Å². The van der Waals surface area contributed by atoms with E-state index in [1.54, 1.807) is 11.8 Å². The Balaban J connectivity index is 0.00000361. The Labute approximate surface area is 136 Å². The Morgan fingerprint density at radius 1 is 1.25 bits per heavy atom. The molecule has 2 N–H and O–H groups in total. The highest BCUT2D eigenvalue weighted by molar-refractivity contribution is 7.99. The number of thioether (sulfide) groups is 1. The van der Waals surface area contributed by atoms with Gasteiger partial charge < -0.3 is 10.6 Å². The number of benzene rings is 1. The Morgan fingerprint density at radius 2 is 1.95 bits per heavy atom. The maximum absolute atomic E-state index is 11.5. The highest BCUT2D eigenvalue weighted by Gasteiger charge is 2.00. The predicted octanol–water partition coefficient (Wildman–Crippen LogP) is 3.36. The molecule has 0 aliphatic heterocycles. The fourth-order valence-electron chi connectivity index (χ4n) is 1.51. The Bertz CT molecular complexity index is 374. The third-order valence-corrected chi connectivity index (χ3v) is 3.85. The van der Waals surface area contributed by atoms with Crippen molar-refractivity contribution in [2.75, 3.05) is 25.4 Å². The van der Waals surface area contributed by atoms with Gasteiger partial charge >= 0.3 is 0 Å². The van der Waals surface area contributed by atoms with Crippen molar-refractivity contribution in [2.45, 2.75) is 24.7 Å². The van der Waals surface area contributed by atoms with Crippen molar-refractivity contribution in [3.05, 3.63) is 29.3 Å². The highest BCUT2D eigenvalue weighted by Crippen LogP contribution is 2.21. The summed E-state index contributed by atoms with van der Waals surface area (Å²) in [6.45, 7) is 4.53. The van der Waals surface area contributed by atoms with E-state index in [9.17, 15) is 4.79 Å². The molecule has 0 radical (unpaired) electrons. The van der Waals surface area contributed by atoms with Crippen molar-refractivity contribution >= 4 is 41.7 Å². The number of hydrogen-bond acceptors (Lipinski definition) is 3. The number of carbonyl (C=O) groups is 1. The average Bonchev–Trinajstić information content (AvgIpc) is 2.42. The molecule has 0 aromatic heterocycles. The summed E-state index contributed by atoms with van der Waals surface area (Å²) in [4.78, 5) is 12.7. The van der Waals surface area contributed by atoms with Crippen molar-refractivity contribution in [3.8, 4) is 0 Å². The van der Waals surface area contributed by atoms with E-state index >= 15 is 0 Å². The Hall–Kier alpha value is -0.420. The SMILES string of the molecule is CCNCCNC(=O)CCCSc1ccc(Cl)cc1.Cl. The molecule has 0 saturated carbocycles. The van der Waals surface area contributed by atoms with Crippen LogP contribution in [0, 0.1) is 0 Å². The van der Waals surface area contributed by atoms with Crippen molar-refractivity contribution in [1.29, 1.82) is 0 Å². The molecule has 6 heteroatoms. The first kappa shape index (κ1) is 19.6. The Kier molecular flexibility index (Phi) is 12.1. The zero-order chi connectivity index (χ0) is 13.9. The zero-order valence-corrected chi connectivity index (χ0v) is 14.0. The first-order chi connectivity index (χ1) is 9.22. The molecule has 0 aliphatic rings. The molecule has 1 aromatic rings. The molecule has 3 nitrogen and oxygen atoms in total. The van der Waals surface area contributed by atoms with Gasteiger partial charge in [0.15, 0.2) is 0 Å². The van der Waals surface area contributed by atoms with Crippen LogP contribution in [0.4, 0.5) is 0 Å². The van der Waals surface area contributed by atoms with E-state index in [2.05, 4.69) is 17.6 Å². The summed E-state index contributed by atoms with van der Waals surface area (Å²) in [5.74, 6) is 1.08. The number of nitrogens with one attached hydrogen (secondary N) is 2. The second-order valence-corrected chi connectivity index (χ2v) is 5.71. The monoisotopic (exact) mass is 336 g/mol. The maximum Gasteiger partial charge on any atom is 0.220 e. The fraction of sp³-hybridized carbons (Fsp3) is 0.500. The van der Waals surface area contributed by atoms with Gasteiger partial charge in [0.05, 0.1) is 0 Å². The smallest absolute Gasteiger partial charge is 0.220 e. The van der Waals surface area contributed by atoms with E-state index in [-0.39, 0.29) is 18.3 Å². The molecule has 0 bridgehead atoms. The third kappa shape index (κ3) is 9.48. The maximum atomic E-state index is 11.5. The molecule has 0 saturated heterocycles. The molecule has 0 spiro atoms. The molecule has 0 atom stereocenters. The van der Waals surface area contributed by atoms with Gasteiger partial charge in [-0.05, 0) is 43.0 Å². The van der Waals surface area contributed by atoms with Crippen LogP contribution < -0.4 is 10.6 Å². The highest BCUT2D eigenvalue weighted by atomic mass is 35.5. The van der Waals surface area contributed by atoms with Crippen molar-refractivity contribution in [2.24, 2.45) is 0 Å². The molecule has 114 valence electrons. The van der Waals surface area contributed by atoms with Gasteiger partial charge in [0, 0.05) is 29.4 Å². The largest absolute Gasteiger partial charge is 0.355 e. The number of halogens is 2. The van der Waals surface area contributed by atoms with E-state index in [4.69, 9.17) is 11.6 Å². The van der Waals surface area contributed by atoms with Crippen LogP contribution in [0.1, 0.15) is 19.8 Å². The quantitative estimate of drug-likeness (QED) is 0.536. The first-order valence-corrected chi connectivity index (χ1v) is 7.94. The summed E-state index contributed by atoms with van der Waals surface area (Å²) >= 11 is 7.57. The minimum Gasteiger partial charge on any atom is -0.355 e. The van der Waals surface area contributed by atoms with Crippen molar-refractivity contribution in [1.82, 2.24) is 10.6 Å². The van der Waals surface area contributed by atoms with Crippen LogP contribution >= 0.6 is 35.8 Å². The zero-order valence-electron chi connectivity index (χ0n) is 11.7. The van der Waals surface area contributed by atoms with Gasteiger partial charge in [-0.3, -0.25) is 4.79 Å². The van der Waals surface area contributed by atoms with E-state index in [0.29, 0.717) is 13.0 Å². The lowest BCUT2D eigenvalue weighted by Gasteiger charge is -2.05. The molecule has 0 heterocycles. The number of hydrogen-bond donors (Lipinski definition) is 2. The molecular formula is C14H22Cl2N2OS. The second kappa shape index (κ2) is 12.3. The van der Waals surface area contributed by atoms with E-state index in [1.165, 1.54) is 4.90 Å². The van der Waals surface area contributed by atoms with Gasteiger partial charge in [0.2, 0.25) is 5.91 Å². The van der Waals surface area contributed by atoms with Gasteiger partial charge in [0.1, 0.15) is 0 Å². The lowest BCUT2D eigenvalue weighted by atomic mass is 10.3. The number of carbonyl (C=O) groups excluding carboxylic acids is 1. The van der Waals surface area contributed by atoms with Crippen LogP contribution in [-0.2, 0) is 4.79 Å². The summed E-state index contributed by atoms with van der Waals surface area (Å²) in [7, 11) is 0. The minimum absolute atomic E-state index is 0. The van der Waals surface area contributed by atoms with E-state index < -0.39 is 0 Å². The normalized spacial score (nSPS) is 9.90. The van der Waals surface area contributed by atoms with Gasteiger partial charge in [-0.25, -0.2) is 0 Å². The van der Waals surface area contributed by atoms with Crippen LogP contribution in [0.5, 0.6) is 0 Å². The second-order valence-electron chi connectivity index (χ2n) is 4.11. The van der Waals surface area contributed by atoms with Crippen LogP contribution in [0.25, 0.3) is 0 Å². The lowest BCUT2D eigenvalue weighted by molar-refractivity contribution is -0.121. The number of amides is 1. The summed E-state index contributed by atoms with van der Waals surface area (Å²) < 4.78 is 0. The summed E-state index contributed by atoms with van der Waals surface area (Å²) in [6, 6.07) is 7.78. The van der Waals surface area contributed by atoms with Crippen molar-refractivity contribution < 1.29 is 4.79 Å². The lowest BCUT2D eigenvalue weighted by Crippen LogP contribution is -2.31. The molecular weight excluding hydrogens is 315 g/mol. The number of likely N-dealkylation sites (N-methyl/N-ethyl adjacent to an activating group) is 1. The minimum atomic E-state index is 0.